The summed E-state index contributed by atoms with van der Waals surface area (Å²) in [5.41, 5.74) is 1.60. The number of nitrogens with one attached hydrogen (secondary N) is 2. The monoisotopic (exact) mass is 703 g/mol. The summed E-state index contributed by atoms with van der Waals surface area (Å²) in [5, 5.41) is 19.6. The summed E-state index contributed by atoms with van der Waals surface area (Å²) in [6, 6.07) is 8.90. The molecule has 0 radical (unpaired) electrons. The molecule has 1 aliphatic heterocycles. The molecule has 274 valence electrons. The van der Waals surface area contributed by atoms with Crippen LogP contribution in [0.4, 0.5) is 29.3 Å². The maximum atomic E-state index is 14.4. The number of carbonyl (C=O) groups is 2. The molecule has 0 fully saturated rings. The van der Waals surface area contributed by atoms with E-state index in [1.165, 1.54) is 12.1 Å². The molecule has 0 unspecified atom stereocenters. The lowest BCUT2D eigenvalue weighted by atomic mass is 10.0. The van der Waals surface area contributed by atoms with Crippen LogP contribution in [0.5, 0.6) is 5.75 Å². The van der Waals surface area contributed by atoms with E-state index in [1.54, 1.807) is 43.9 Å². The third-order valence-electron chi connectivity index (χ3n) is 8.81. The van der Waals surface area contributed by atoms with Gasteiger partial charge in [-0.2, -0.15) is 13.2 Å². The number of hydrogen-bond acceptors (Lipinski definition) is 8. The van der Waals surface area contributed by atoms with Gasteiger partial charge in [-0.1, -0.05) is 24.2 Å². The predicted octanol–water partition coefficient (Wildman–Crippen LogP) is 6.88. The van der Waals surface area contributed by atoms with Crippen molar-refractivity contribution in [1.29, 1.82) is 0 Å². The average Bonchev–Trinajstić information content (AvgIpc) is 3.37. The van der Waals surface area contributed by atoms with Crippen molar-refractivity contribution in [2.75, 3.05) is 44.0 Å². The van der Waals surface area contributed by atoms with Gasteiger partial charge in [-0.3, -0.25) is 9.69 Å². The molecule has 11 nitrogen and oxygen atoms in total. The number of hydrogen-bond donors (Lipinski definition) is 3. The Morgan fingerprint density at radius 1 is 1.12 bits per heavy atom. The maximum Gasteiger partial charge on any atom is 0.416 e. The average molecular weight is 704 g/mol. The number of aliphatic hydroxyl groups is 1. The lowest BCUT2D eigenvalue weighted by Crippen LogP contribution is -2.47. The molecule has 2 aromatic carbocycles. The van der Waals surface area contributed by atoms with Crippen molar-refractivity contribution < 1.29 is 41.9 Å². The van der Waals surface area contributed by atoms with Crippen LogP contribution in [-0.2, 0) is 17.5 Å². The standard InChI is InChI=1S/C36H48F3N5O6/c1-22-18-44(23(2)21-45)34(46)30-17-29(40-35(47)41-33-25(4)42-50-26(33)5)14-15-31(30)49-24(3)9-7-8-16-48-32(22)20-43(6)19-27-10-12-28(13-11-27)36(37,38)39/h10-15,17,22-24,32,45H,7-9,16,18-21H2,1-6H3,(H2,40,41,47)/t22-,23+,24+,32-/m1/s1. The summed E-state index contributed by atoms with van der Waals surface area (Å²) >= 11 is 0. The number of aliphatic hydroxyl groups excluding tert-OH is 1. The molecule has 3 aromatic rings. The van der Waals surface area contributed by atoms with Crippen molar-refractivity contribution in [3.05, 3.63) is 70.6 Å². The first-order valence-corrected chi connectivity index (χ1v) is 16.9. The third kappa shape index (κ3) is 10.4. The third-order valence-corrected chi connectivity index (χ3v) is 8.81. The minimum atomic E-state index is -4.40. The summed E-state index contributed by atoms with van der Waals surface area (Å²) in [6.07, 6.45) is -2.63. The van der Waals surface area contributed by atoms with E-state index in [0.29, 0.717) is 54.7 Å². The lowest BCUT2D eigenvalue weighted by Gasteiger charge is -2.36. The Hall–Kier alpha value is -4.14. The molecule has 4 rings (SSSR count). The van der Waals surface area contributed by atoms with E-state index >= 15 is 0 Å². The van der Waals surface area contributed by atoms with Gasteiger partial charge in [0.15, 0.2) is 5.76 Å². The zero-order valence-electron chi connectivity index (χ0n) is 29.5. The SMILES string of the molecule is Cc1noc(C)c1NC(=O)Nc1ccc2c(c1)C(=O)N([C@@H](C)CO)C[C@@H](C)[C@@H](CN(C)Cc1ccc(C(F)(F)F)cc1)OCCCC[C@H](C)O2. The highest BCUT2D eigenvalue weighted by atomic mass is 19.4. The van der Waals surface area contributed by atoms with Gasteiger partial charge < -0.3 is 34.6 Å². The minimum absolute atomic E-state index is 0.198. The molecule has 0 saturated heterocycles. The number of fused-ring (bicyclic) bond motifs is 1. The van der Waals surface area contributed by atoms with Gasteiger partial charge in [-0.05, 0) is 89.9 Å². The highest BCUT2D eigenvalue weighted by Gasteiger charge is 2.32. The first kappa shape index (κ1) is 38.7. The first-order valence-electron chi connectivity index (χ1n) is 16.9. The van der Waals surface area contributed by atoms with Gasteiger partial charge in [0.05, 0.1) is 36.0 Å². The number of aryl methyl sites for hydroxylation is 2. The normalized spacial score (nSPS) is 20.1. The Labute approximate surface area is 291 Å². The van der Waals surface area contributed by atoms with Gasteiger partial charge in [0.1, 0.15) is 17.1 Å². The van der Waals surface area contributed by atoms with Crippen LogP contribution in [0.15, 0.2) is 47.0 Å². The number of aromatic nitrogens is 1. The number of nitrogens with zero attached hydrogens (tertiary/aromatic N) is 3. The van der Waals surface area contributed by atoms with Crippen molar-refractivity contribution in [3.63, 3.8) is 0 Å². The summed E-state index contributed by atoms with van der Waals surface area (Å²) in [4.78, 5) is 30.8. The fourth-order valence-electron chi connectivity index (χ4n) is 5.88. The van der Waals surface area contributed by atoms with Crippen LogP contribution in [0.1, 0.15) is 73.0 Å². The topological polar surface area (TPSA) is 129 Å². The molecule has 3 N–H and O–H groups in total. The molecule has 50 heavy (non-hydrogen) atoms. The van der Waals surface area contributed by atoms with E-state index in [0.717, 1.165) is 30.5 Å². The molecule has 0 bridgehead atoms. The fraction of sp³-hybridized carbons (Fsp3) is 0.528. The van der Waals surface area contributed by atoms with E-state index < -0.39 is 23.8 Å². The van der Waals surface area contributed by atoms with Crippen LogP contribution < -0.4 is 15.4 Å². The molecule has 2 heterocycles. The Morgan fingerprint density at radius 3 is 2.48 bits per heavy atom. The predicted molar refractivity (Wildman–Crippen MR) is 183 cm³/mol. The maximum absolute atomic E-state index is 14.4. The molecule has 3 amide bonds. The van der Waals surface area contributed by atoms with Gasteiger partial charge in [0.25, 0.3) is 5.91 Å². The van der Waals surface area contributed by atoms with Crippen LogP contribution in [0.2, 0.25) is 0 Å². The highest BCUT2D eigenvalue weighted by molar-refractivity contribution is 6.03. The summed E-state index contributed by atoms with van der Waals surface area (Å²) in [5.74, 6) is 0.235. The van der Waals surface area contributed by atoms with E-state index in [4.69, 9.17) is 14.0 Å². The van der Waals surface area contributed by atoms with Crippen molar-refractivity contribution >= 4 is 23.3 Å². The van der Waals surface area contributed by atoms with Gasteiger partial charge in [-0.15, -0.1) is 0 Å². The van der Waals surface area contributed by atoms with Crippen molar-refractivity contribution in [3.8, 4) is 5.75 Å². The fourth-order valence-corrected chi connectivity index (χ4v) is 5.88. The molecule has 14 heteroatoms. The Morgan fingerprint density at radius 2 is 1.84 bits per heavy atom. The molecular formula is C36H48F3N5O6. The summed E-state index contributed by atoms with van der Waals surface area (Å²) in [7, 11) is 1.88. The number of carbonyl (C=O) groups excluding carboxylic acids is 2. The number of rotatable bonds is 8. The molecule has 0 saturated carbocycles. The zero-order chi connectivity index (χ0) is 36.6. The number of anilines is 2. The number of urea groups is 1. The van der Waals surface area contributed by atoms with E-state index in [9.17, 15) is 27.9 Å². The van der Waals surface area contributed by atoms with Gasteiger partial charge in [-0.25, -0.2) is 4.79 Å². The zero-order valence-corrected chi connectivity index (χ0v) is 29.5. The van der Waals surface area contributed by atoms with Gasteiger partial charge in [0.2, 0.25) is 0 Å². The largest absolute Gasteiger partial charge is 0.490 e. The van der Waals surface area contributed by atoms with Crippen molar-refractivity contribution in [2.24, 2.45) is 5.92 Å². The number of ether oxygens (including phenoxy) is 2. The van der Waals surface area contributed by atoms with Crippen LogP contribution in [0.25, 0.3) is 0 Å². The molecule has 4 atom stereocenters. The van der Waals surface area contributed by atoms with E-state index in [2.05, 4.69) is 15.8 Å². The van der Waals surface area contributed by atoms with Crippen LogP contribution in [0, 0.1) is 19.8 Å². The lowest BCUT2D eigenvalue weighted by molar-refractivity contribution is -0.137. The molecule has 1 aromatic heterocycles. The van der Waals surface area contributed by atoms with E-state index in [-0.39, 0.29) is 42.7 Å². The first-order chi connectivity index (χ1) is 23.7. The number of alkyl halides is 3. The highest BCUT2D eigenvalue weighted by Crippen LogP contribution is 2.31. The number of likely N-dealkylation sites (N-methyl/N-ethyl adjacent to an activating group) is 1. The minimum Gasteiger partial charge on any atom is -0.490 e. The Kier molecular flexibility index (Phi) is 13.3. The smallest absolute Gasteiger partial charge is 0.416 e. The number of halogens is 3. The van der Waals surface area contributed by atoms with Crippen LogP contribution in [-0.4, -0.2) is 83.6 Å². The second kappa shape index (κ2) is 17.2. The van der Waals surface area contributed by atoms with Crippen molar-refractivity contribution in [1.82, 2.24) is 15.0 Å². The number of amides is 3. The Bertz CT molecular complexity index is 1560. The quantitative estimate of drug-likeness (QED) is 0.232. The molecule has 1 aliphatic rings. The summed E-state index contributed by atoms with van der Waals surface area (Å²) in [6.45, 7) is 10.3. The Balaban J connectivity index is 1.57. The van der Waals surface area contributed by atoms with Gasteiger partial charge >= 0.3 is 12.2 Å². The molecule has 0 aliphatic carbocycles. The summed E-state index contributed by atoms with van der Waals surface area (Å²) < 4.78 is 57.0. The van der Waals surface area contributed by atoms with Crippen molar-refractivity contribution in [2.45, 2.75) is 84.9 Å². The van der Waals surface area contributed by atoms with Gasteiger partial charge in [0, 0.05) is 37.8 Å². The second-order valence-electron chi connectivity index (χ2n) is 13.2. The number of benzene rings is 2. The van der Waals surface area contributed by atoms with Crippen LogP contribution >= 0.6 is 0 Å². The molecular weight excluding hydrogens is 655 g/mol. The van der Waals surface area contributed by atoms with E-state index in [1.807, 2.05) is 25.8 Å². The second-order valence-corrected chi connectivity index (χ2v) is 13.2. The van der Waals surface area contributed by atoms with Crippen LogP contribution in [0.3, 0.4) is 0 Å². The molecule has 0 spiro atoms.